The maximum absolute atomic E-state index is 6.96. The van der Waals surface area contributed by atoms with Crippen molar-refractivity contribution in [1.82, 2.24) is 14.1 Å². The van der Waals surface area contributed by atoms with Crippen LogP contribution in [0.25, 0.3) is 72.7 Å². The van der Waals surface area contributed by atoms with Gasteiger partial charge in [-0.1, -0.05) is 164 Å². The molecule has 280 valence electrons. The maximum Gasteiger partial charge on any atom is 0.242 e. The van der Waals surface area contributed by atoms with Gasteiger partial charge in [0.15, 0.2) is 0 Å². The van der Waals surface area contributed by atoms with Gasteiger partial charge in [0, 0.05) is 44.3 Å². The molecule has 3 heterocycles. The number of hydrogen-bond acceptors (Lipinski definition) is 2. The third-order valence-corrected chi connectivity index (χ3v) is 10.7. The maximum atomic E-state index is 6.96. The van der Waals surface area contributed by atoms with Crippen molar-refractivity contribution in [2.75, 3.05) is 0 Å². The molecule has 0 bridgehead atoms. The summed E-state index contributed by atoms with van der Waals surface area (Å²) in [6.07, 6.45) is 11.4. The monoisotopic (exact) mass is 917 g/mol. The molecule has 3 aromatic heterocycles. The largest absolute Gasteiger partial charge is 0.510 e. The van der Waals surface area contributed by atoms with Crippen LogP contribution in [-0.2, 0) is 33.5 Å². The van der Waals surface area contributed by atoms with Crippen molar-refractivity contribution in [2.45, 2.75) is 26.2 Å². The summed E-state index contributed by atoms with van der Waals surface area (Å²) >= 11 is 0. The number of nitrogens with zero attached hydrogens (tertiary/aromatic N) is 4. The molecule has 0 atom stereocenters. The molecule has 1 aliphatic carbocycles. The molecule has 6 heteroatoms. The van der Waals surface area contributed by atoms with Gasteiger partial charge in [-0.3, -0.25) is 0 Å². The second kappa shape index (κ2) is 14.3. The molecule has 6 aromatic carbocycles. The first-order valence-corrected chi connectivity index (χ1v) is 19.0. The predicted octanol–water partition coefficient (Wildman–Crippen LogP) is 11.3. The van der Waals surface area contributed by atoms with E-state index in [-0.39, 0.29) is 26.5 Å². The summed E-state index contributed by atoms with van der Waals surface area (Å²) in [7, 11) is 2.03. The number of para-hydroxylation sites is 3. The van der Waals surface area contributed by atoms with Gasteiger partial charge in [0.2, 0.25) is 6.33 Å². The van der Waals surface area contributed by atoms with Crippen molar-refractivity contribution in [3.05, 3.63) is 193 Å². The molecule has 0 fully saturated rings. The Balaban J connectivity index is 0.00000422. The summed E-state index contributed by atoms with van der Waals surface area (Å²) in [5, 5.41) is 2.21. The van der Waals surface area contributed by atoms with Gasteiger partial charge >= 0.3 is 0 Å². The third kappa shape index (κ3) is 6.33. The molecule has 5 nitrogen and oxygen atoms in total. The minimum Gasteiger partial charge on any atom is -0.510 e. The van der Waals surface area contributed by atoms with Crippen LogP contribution in [0.3, 0.4) is 0 Å². The van der Waals surface area contributed by atoms with Crippen LogP contribution in [0.15, 0.2) is 158 Å². The van der Waals surface area contributed by atoms with Gasteiger partial charge in [0.25, 0.3) is 0 Å². The minimum absolute atomic E-state index is 0. The van der Waals surface area contributed by atoms with Gasteiger partial charge in [0.1, 0.15) is 5.82 Å². The summed E-state index contributed by atoms with van der Waals surface area (Å²) in [6.45, 7) is 6.68. The summed E-state index contributed by atoms with van der Waals surface area (Å²) in [5.41, 5.74) is 12.5. The first kappa shape index (κ1) is 36.4. The molecule has 0 radical (unpaired) electrons. The zero-order valence-electron chi connectivity index (χ0n) is 32.0. The number of rotatable bonds is 5. The van der Waals surface area contributed by atoms with Crippen molar-refractivity contribution < 1.29 is 30.4 Å². The van der Waals surface area contributed by atoms with E-state index in [0.717, 1.165) is 77.7 Å². The van der Waals surface area contributed by atoms with Crippen molar-refractivity contribution in [3.8, 4) is 33.8 Å². The number of aryl methyl sites for hydroxylation is 1. The van der Waals surface area contributed by atoms with E-state index in [1.54, 1.807) is 0 Å². The van der Waals surface area contributed by atoms with E-state index < -0.39 is 0 Å². The van der Waals surface area contributed by atoms with E-state index in [0.29, 0.717) is 11.5 Å². The predicted molar refractivity (Wildman–Crippen MR) is 226 cm³/mol. The van der Waals surface area contributed by atoms with Crippen LogP contribution >= 0.6 is 0 Å². The van der Waals surface area contributed by atoms with Crippen LogP contribution in [0.2, 0.25) is 0 Å². The fraction of sp³-hybridized carbons (Fsp3) is 0.0980. The zero-order valence-corrected chi connectivity index (χ0v) is 34.3. The first-order chi connectivity index (χ1) is 27.3. The molecule has 0 aliphatic heterocycles. The number of allylic oxidation sites excluding steroid dienone is 1. The van der Waals surface area contributed by atoms with Gasteiger partial charge in [-0.15, -0.1) is 35.2 Å². The Kier molecular flexibility index (Phi) is 9.14. The number of fused-ring (bicyclic) bond motifs is 7. The van der Waals surface area contributed by atoms with Gasteiger partial charge < -0.3 is 18.4 Å². The van der Waals surface area contributed by atoms with Gasteiger partial charge in [-0.25, -0.2) is 4.98 Å². The average molecular weight is 918 g/mol. The smallest absolute Gasteiger partial charge is 0.242 e. The molecular weight excluding hydrogens is 880 g/mol. The summed E-state index contributed by atoms with van der Waals surface area (Å²) < 4.78 is 13.3. The molecule has 0 N–H and O–H groups in total. The number of aromatic nitrogens is 4. The third-order valence-electron chi connectivity index (χ3n) is 10.7. The van der Waals surface area contributed by atoms with Crippen LogP contribution in [0.1, 0.15) is 37.5 Å². The van der Waals surface area contributed by atoms with Crippen LogP contribution in [-0.4, -0.2) is 14.1 Å². The minimum atomic E-state index is -0.0339. The van der Waals surface area contributed by atoms with E-state index in [1.807, 2.05) is 23.9 Å². The van der Waals surface area contributed by atoms with Gasteiger partial charge in [0.05, 0.1) is 18.1 Å². The molecule has 0 amide bonds. The molecule has 1 aliphatic rings. The SMILES string of the molecule is Cn1[c-][n+](C2=[C-]/C(Oc3[c-]c4c(cc3)c3ccccc3n4-c3cc(C(C)(C)C)ccn3)=C\c3ccccc3-c3cccc(-c4ccccc4)c32)c2ccccc21.[Pt]. The molecule has 0 saturated heterocycles. The summed E-state index contributed by atoms with van der Waals surface area (Å²) in [6, 6.07) is 54.5. The quantitative estimate of drug-likeness (QED) is 0.127. The fourth-order valence-corrected chi connectivity index (χ4v) is 8.00. The molecular formula is C51H38N4OPt-2. The number of imidazole rings is 1. The standard InChI is InChI=1S/C51H38N4O.Pt/c1-51(2,3)36-27-28-52-49(30-36)55-44-22-11-10-19-41(44)42-26-25-37(31-47(42)55)56-38-29-35-17-8-9-18-39(35)43-21-14-20-40(34-15-6-5-7-16-34)50(43)48(32-38)54-33-53(4)45-23-12-13-24-46(45)54;/h5-30H,1-4H3;/q-2;/b35-29?,38-29+,43-39?,50-48?;. The Bertz CT molecular complexity index is 3050. The number of hydrogen-bond donors (Lipinski definition) is 0. The molecule has 9 aromatic rings. The van der Waals surface area contributed by atoms with Crippen molar-refractivity contribution in [2.24, 2.45) is 7.05 Å². The van der Waals surface area contributed by atoms with E-state index >= 15 is 0 Å². The number of benzene rings is 6. The van der Waals surface area contributed by atoms with E-state index in [2.05, 4.69) is 194 Å². The second-order valence-corrected chi connectivity index (χ2v) is 15.3. The number of pyridine rings is 1. The van der Waals surface area contributed by atoms with Gasteiger partial charge in [-0.05, 0) is 45.7 Å². The Morgan fingerprint density at radius 3 is 2.25 bits per heavy atom. The van der Waals surface area contributed by atoms with Crippen molar-refractivity contribution >= 4 is 44.6 Å². The first-order valence-electron chi connectivity index (χ1n) is 19.0. The Hall–Kier alpha value is -6.29. The number of ether oxygens (including phenoxy) is 1. The second-order valence-electron chi connectivity index (χ2n) is 15.3. The van der Waals surface area contributed by atoms with Crippen molar-refractivity contribution in [1.29, 1.82) is 0 Å². The Labute approximate surface area is 347 Å². The van der Waals surface area contributed by atoms with Gasteiger partial charge in [-0.2, -0.15) is 6.07 Å². The molecule has 10 rings (SSSR count). The average Bonchev–Trinajstić information content (AvgIpc) is 3.73. The Morgan fingerprint density at radius 2 is 1.40 bits per heavy atom. The van der Waals surface area contributed by atoms with Crippen LogP contribution in [0, 0.1) is 18.5 Å². The van der Waals surface area contributed by atoms with E-state index in [9.17, 15) is 0 Å². The normalized spacial score (nSPS) is 13.5. The molecule has 0 unspecified atom stereocenters. The van der Waals surface area contributed by atoms with E-state index in [1.165, 1.54) is 5.56 Å². The topological polar surface area (TPSA) is 35.9 Å². The molecule has 57 heavy (non-hydrogen) atoms. The molecule has 0 saturated carbocycles. The van der Waals surface area contributed by atoms with E-state index in [4.69, 9.17) is 9.72 Å². The summed E-state index contributed by atoms with van der Waals surface area (Å²) in [4.78, 5) is 4.88. The fourth-order valence-electron chi connectivity index (χ4n) is 8.00. The van der Waals surface area contributed by atoms with Crippen LogP contribution in [0.5, 0.6) is 5.75 Å². The van der Waals surface area contributed by atoms with Crippen LogP contribution < -0.4 is 9.30 Å². The van der Waals surface area contributed by atoms with Crippen LogP contribution in [0.4, 0.5) is 0 Å². The van der Waals surface area contributed by atoms with Crippen molar-refractivity contribution in [3.63, 3.8) is 0 Å². The molecule has 0 spiro atoms. The Morgan fingerprint density at radius 1 is 0.684 bits per heavy atom. The zero-order chi connectivity index (χ0) is 38.0. The summed E-state index contributed by atoms with van der Waals surface area (Å²) in [5.74, 6) is 1.98.